The normalized spacial score (nSPS) is 14.6. The van der Waals surface area contributed by atoms with Crippen LogP contribution >= 0.6 is 0 Å². The minimum absolute atomic E-state index is 0.206. The van der Waals surface area contributed by atoms with Crippen molar-refractivity contribution < 1.29 is 13.6 Å². The lowest BCUT2D eigenvalue weighted by Crippen LogP contribution is -2.43. The largest absolute Gasteiger partial charge is 0.345 e. The summed E-state index contributed by atoms with van der Waals surface area (Å²) >= 11 is 0. The number of nitrogen functional groups attached to an aromatic ring is 1. The van der Waals surface area contributed by atoms with Gasteiger partial charge in [0.1, 0.15) is 0 Å². The first-order valence-electron chi connectivity index (χ1n) is 8.11. The van der Waals surface area contributed by atoms with Crippen LogP contribution in [-0.2, 0) is 5.54 Å². The standard InChI is InChI=1S/C15H15F2N5O.C2H6/c16-11-4-1-3-10(12(11)17)15(5-2-6-15)21-14-19-7-9(8-20-14)13(23)22-18;1-2/h1,3-4,7-8H,2,5-6,18H2,(H,22,23)(H,19,20,21);1-2H3. The first kappa shape index (κ1) is 18.7. The maximum atomic E-state index is 14.1. The van der Waals surface area contributed by atoms with Crippen molar-refractivity contribution in [2.75, 3.05) is 5.32 Å². The molecule has 4 N–H and O–H groups in total. The Balaban J connectivity index is 0.00000109. The van der Waals surface area contributed by atoms with E-state index in [0.29, 0.717) is 12.8 Å². The number of benzene rings is 1. The maximum absolute atomic E-state index is 14.1. The minimum atomic E-state index is -0.883. The summed E-state index contributed by atoms with van der Waals surface area (Å²) in [6.07, 6.45) is 4.79. The summed E-state index contributed by atoms with van der Waals surface area (Å²) in [5.41, 5.74) is 1.71. The number of amides is 1. The molecule has 6 nitrogen and oxygen atoms in total. The number of carbonyl (C=O) groups excluding carboxylic acids is 1. The van der Waals surface area contributed by atoms with Gasteiger partial charge in [-0.05, 0) is 25.3 Å². The van der Waals surface area contributed by atoms with Crippen LogP contribution in [0, 0.1) is 11.6 Å². The summed E-state index contributed by atoms with van der Waals surface area (Å²) in [5.74, 6) is 3.02. The highest BCUT2D eigenvalue weighted by atomic mass is 19.2. The molecule has 0 atom stereocenters. The number of nitrogens with two attached hydrogens (primary N) is 1. The van der Waals surface area contributed by atoms with Crippen LogP contribution in [0.3, 0.4) is 0 Å². The Morgan fingerprint density at radius 2 is 1.84 bits per heavy atom. The van der Waals surface area contributed by atoms with Gasteiger partial charge >= 0.3 is 0 Å². The van der Waals surface area contributed by atoms with Crippen molar-refractivity contribution in [3.05, 3.63) is 53.4 Å². The Bertz CT molecular complexity index is 732. The molecule has 8 heteroatoms. The average Bonchev–Trinajstić information content (AvgIpc) is 2.62. The Morgan fingerprint density at radius 3 is 2.36 bits per heavy atom. The number of nitrogens with one attached hydrogen (secondary N) is 2. The van der Waals surface area contributed by atoms with Gasteiger partial charge in [0.15, 0.2) is 11.6 Å². The molecular formula is C17H21F2N5O. The zero-order valence-corrected chi connectivity index (χ0v) is 14.1. The Hall–Kier alpha value is -2.61. The van der Waals surface area contributed by atoms with E-state index in [1.807, 2.05) is 19.3 Å². The molecule has 1 aromatic carbocycles. The molecule has 134 valence electrons. The summed E-state index contributed by atoms with van der Waals surface area (Å²) in [6, 6.07) is 4.12. The first-order valence-corrected chi connectivity index (χ1v) is 8.11. The van der Waals surface area contributed by atoms with Crippen LogP contribution in [0.2, 0.25) is 0 Å². The number of halogens is 2. The predicted octanol–water partition coefficient (Wildman–Crippen LogP) is 2.88. The molecule has 25 heavy (non-hydrogen) atoms. The van der Waals surface area contributed by atoms with Gasteiger partial charge in [-0.25, -0.2) is 24.6 Å². The second-order valence-electron chi connectivity index (χ2n) is 5.43. The van der Waals surface area contributed by atoms with Crippen molar-refractivity contribution in [1.82, 2.24) is 15.4 Å². The zero-order valence-electron chi connectivity index (χ0n) is 14.1. The summed E-state index contributed by atoms with van der Waals surface area (Å²) < 4.78 is 27.6. The highest BCUT2D eigenvalue weighted by molar-refractivity contribution is 5.93. The third kappa shape index (κ3) is 3.74. The van der Waals surface area contributed by atoms with Crippen LogP contribution < -0.4 is 16.6 Å². The fourth-order valence-electron chi connectivity index (χ4n) is 2.67. The number of carbonyl (C=O) groups is 1. The average molecular weight is 349 g/mol. The number of hydrogen-bond donors (Lipinski definition) is 3. The molecule has 1 aromatic heterocycles. The zero-order chi connectivity index (χ0) is 18.4. The van der Waals surface area contributed by atoms with Crippen molar-refractivity contribution in [2.24, 2.45) is 5.84 Å². The molecule has 0 aliphatic heterocycles. The quantitative estimate of drug-likeness (QED) is 0.448. The first-order chi connectivity index (χ1) is 12.1. The Labute approximate surface area is 144 Å². The fraction of sp³-hybridized carbons (Fsp3) is 0.353. The molecule has 1 saturated carbocycles. The van der Waals surface area contributed by atoms with E-state index in [9.17, 15) is 13.6 Å². The van der Waals surface area contributed by atoms with Crippen LogP contribution in [-0.4, -0.2) is 15.9 Å². The lowest BCUT2D eigenvalue weighted by Gasteiger charge is -2.43. The van der Waals surface area contributed by atoms with Crippen LogP contribution in [0.4, 0.5) is 14.7 Å². The number of hydrazine groups is 1. The molecule has 0 saturated heterocycles. The van der Waals surface area contributed by atoms with E-state index in [0.717, 1.165) is 12.5 Å². The summed E-state index contributed by atoms with van der Waals surface area (Å²) in [6.45, 7) is 4.00. The number of anilines is 1. The van der Waals surface area contributed by atoms with Gasteiger partial charge in [0.2, 0.25) is 5.95 Å². The van der Waals surface area contributed by atoms with Gasteiger partial charge in [-0.15, -0.1) is 0 Å². The van der Waals surface area contributed by atoms with E-state index in [-0.39, 0.29) is 17.1 Å². The molecule has 1 aliphatic rings. The van der Waals surface area contributed by atoms with Gasteiger partial charge in [-0.1, -0.05) is 26.0 Å². The van der Waals surface area contributed by atoms with Crippen molar-refractivity contribution >= 4 is 11.9 Å². The van der Waals surface area contributed by atoms with Crippen LogP contribution in [0.1, 0.15) is 49.0 Å². The molecule has 1 fully saturated rings. The highest BCUT2D eigenvalue weighted by Crippen LogP contribution is 2.44. The topological polar surface area (TPSA) is 92.9 Å². The maximum Gasteiger partial charge on any atom is 0.268 e. The van der Waals surface area contributed by atoms with Crippen molar-refractivity contribution in [1.29, 1.82) is 0 Å². The molecule has 0 unspecified atom stereocenters. The van der Waals surface area contributed by atoms with Crippen LogP contribution in [0.5, 0.6) is 0 Å². The van der Waals surface area contributed by atoms with E-state index in [1.54, 1.807) is 6.07 Å². The summed E-state index contributed by atoms with van der Waals surface area (Å²) in [4.78, 5) is 19.4. The minimum Gasteiger partial charge on any atom is -0.345 e. The molecule has 1 heterocycles. The van der Waals surface area contributed by atoms with Gasteiger partial charge < -0.3 is 5.32 Å². The van der Waals surface area contributed by atoms with Crippen molar-refractivity contribution in [2.45, 2.75) is 38.6 Å². The lowest BCUT2D eigenvalue weighted by atomic mass is 9.71. The third-order valence-corrected chi connectivity index (χ3v) is 4.07. The van der Waals surface area contributed by atoms with Crippen molar-refractivity contribution in [3.8, 4) is 0 Å². The van der Waals surface area contributed by atoms with E-state index in [4.69, 9.17) is 5.84 Å². The third-order valence-electron chi connectivity index (χ3n) is 4.07. The SMILES string of the molecule is CC.NNC(=O)c1cnc(NC2(c3cccc(F)c3F)CCC2)nc1. The molecule has 1 aliphatic carbocycles. The second kappa shape index (κ2) is 7.98. The van der Waals surface area contributed by atoms with Crippen LogP contribution in [0.15, 0.2) is 30.6 Å². The fourth-order valence-corrected chi connectivity index (χ4v) is 2.67. The smallest absolute Gasteiger partial charge is 0.268 e. The molecule has 1 amide bonds. The number of rotatable bonds is 4. The molecule has 0 spiro atoms. The van der Waals surface area contributed by atoms with E-state index >= 15 is 0 Å². The predicted molar refractivity (Wildman–Crippen MR) is 90.5 cm³/mol. The van der Waals surface area contributed by atoms with Gasteiger partial charge in [0.25, 0.3) is 5.91 Å². The molecule has 0 radical (unpaired) electrons. The number of nitrogens with zero attached hydrogens (tertiary/aromatic N) is 2. The highest BCUT2D eigenvalue weighted by Gasteiger charge is 2.41. The molecule has 3 rings (SSSR count). The molecule has 0 bridgehead atoms. The monoisotopic (exact) mass is 349 g/mol. The van der Waals surface area contributed by atoms with Crippen molar-refractivity contribution in [3.63, 3.8) is 0 Å². The number of hydrogen-bond acceptors (Lipinski definition) is 5. The molecular weight excluding hydrogens is 328 g/mol. The van der Waals surface area contributed by atoms with Gasteiger partial charge in [0, 0.05) is 18.0 Å². The van der Waals surface area contributed by atoms with E-state index in [2.05, 4.69) is 15.3 Å². The van der Waals surface area contributed by atoms with Gasteiger partial charge in [-0.2, -0.15) is 0 Å². The molecule has 2 aromatic rings. The number of aromatic nitrogens is 2. The lowest BCUT2D eigenvalue weighted by molar-refractivity contribution is 0.0953. The Kier molecular flexibility index (Phi) is 5.97. The van der Waals surface area contributed by atoms with Gasteiger partial charge in [-0.3, -0.25) is 10.2 Å². The van der Waals surface area contributed by atoms with Crippen LogP contribution in [0.25, 0.3) is 0 Å². The van der Waals surface area contributed by atoms with E-state index in [1.165, 1.54) is 18.5 Å². The van der Waals surface area contributed by atoms with E-state index < -0.39 is 23.1 Å². The summed E-state index contributed by atoms with van der Waals surface area (Å²) in [7, 11) is 0. The summed E-state index contributed by atoms with van der Waals surface area (Å²) in [5, 5.41) is 3.07. The van der Waals surface area contributed by atoms with Gasteiger partial charge in [0.05, 0.1) is 11.1 Å². The second-order valence-corrected chi connectivity index (χ2v) is 5.43. The Morgan fingerprint density at radius 1 is 1.20 bits per heavy atom.